The Morgan fingerprint density at radius 1 is 1.08 bits per heavy atom. The van der Waals surface area contributed by atoms with Gasteiger partial charge in [0.05, 0.1) is 0 Å². The first-order valence-corrected chi connectivity index (χ1v) is 9.84. The number of aryl methyl sites for hydroxylation is 1. The first-order valence-electron chi connectivity index (χ1n) is 9.46. The number of piperazine rings is 1. The maximum atomic E-state index is 13.1. The minimum Gasteiger partial charge on any atom is -0.550 e. The van der Waals surface area contributed by atoms with Crippen LogP contribution in [0.1, 0.15) is 24.8 Å². The van der Waals surface area contributed by atoms with E-state index in [1.54, 1.807) is 0 Å². The molecule has 0 N–H and O–H groups in total. The number of amides is 1. The molecule has 1 aromatic rings. The molecule has 5 nitrogen and oxygen atoms in total. The van der Waals surface area contributed by atoms with Gasteiger partial charge in [0.25, 0.3) is 0 Å². The molecule has 4 atom stereocenters. The summed E-state index contributed by atoms with van der Waals surface area (Å²) in [5, 5.41) is 12.3. The van der Waals surface area contributed by atoms with Gasteiger partial charge < -0.3 is 19.7 Å². The average molecular weight is 376 g/mol. The Morgan fingerprint density at radius 3 is 2.38 bits per heavy atom. The number of aliphatic carboxylic acids is 1. The topological polar surface area (TPSA) is 63.7 Å². The van der Waals surface area contributed by atoms with Gasteiger partial charge in [-0.25, -0.2) is 0 Å². The molecule has 3 aliphatic rings. The fourth-order valence-corrected chi connectivity index (χ4v) is 5.45. The molecule has 2 bridgehead atoms. The van der Waals surface area contributed by atoms with E-state index >= 15 is 0 Å². The molecule has 140 valence electrons. The van der Waals surface area contributed by atoms with Gasteiger partial charge in [-0.3, -0.25) is 4.79 Å². The van der Waals surface area contributed by atoms with Crippen LogP contribution < -0.4 is 10.0 Å². The molecule has 3 fully saturated rings. The lowest BCUT2D eigenvalue weighted by atomic mass is 9.78. The van der Waals surface area contributed by atoms with E-state index in [0.717, 1.165) is 38.0 Å². The number of hydrogen-bond acceptors (Lipinski definition) is 4. The van der Waals surface area contributed by atoms with Gasteiger partial charge >= 0.3 is 0 Å². The quantitative estimate of drug-likeness (QED) is 0.806. The maximum Gasteiger partial charge on any atom is 0.226 e. The van der Waals surface area contributed by atoms with E-state index in [0.29, 0.717) is 18.1 Å². The number of nitrogens with zero attached hydrogens (tertiary/aromatic N) is 2. The first kappa shape index (κ1) is 17.7. The number of carboxylic acid groups (broad SMARTS) is 1. The zero-order valence-electron chi connectivity index (χ0n) is 15.0. The number of benzene rings is 1. The summed E-state index contributed by atoms with van der Waals surface area (Å²) in [6.45, 7) is 4.78. The van der Waals surface area contributed by atoms with Crippen LogP contribution >= 0.6 is 11.6 Å². The summed E-state index contributed by atoms with van der Waals surface area (Å²) in [7, 11) is 0. The van der Waals surface area contributed by atoms with Gasteiger partial charge in [-0.1, -0.05) is 17.7 Å². The summed E-state index contributed by atoms with van der Waals surface area (Å²) >= 11 is 6.13. The second-order valence-electron chi connectivity index (χ2n) is 7.95. The highest BCUT2D eigenvalue weighted by Crippen LogP contribution is 2.52. The van der Waals surface area contributed by atoms with Crippen molar-refractivity contribution in [3.8, 4) is 0 Å². The third-order valence-corrected chi connectivity index (χ3v) is 6.81. The summed E-state index contributed by atoms with van der Waals surface area (Å²) in [5.41, 5.74) is 2.27. The van der Waals surface area contributed by atoms with Crippen LogP contribution in [0.25, 0.3) is 0 Å². The lowest BCUT2D eigenvalue weighted by Crippen LogP contribution is -2.53. The number of carboxylic acids is 1. The molecule has 2 aliphatic carbocycles. The zero-order chi connectivity index (χ0) is 18.4. The second-order valence-corrected chi connectivity index (χ2v) is 8.38. The smallest absolute Gasteiger partial charge is 0.226 e. The Morgan fingerprint density at radius 2 is 1.73 bits per heavy atom. The summed E-state index contributed by atoms with van der Waals surface area (Å²) in [6, 6.07) is 5.86. The highest BCUT2D eigenvalue weighted by atomic mass is 35.5. The van der Waals surface area contributed by atoms with Crippen molar-refractivity contribution in [1.29, 1.82) is 0 Å². The molecule has 26 heavy (non-hydrogen) atoms. The molecule has 1 amide bonds. The Bertz CT molecular complexity index is 730. The maximum absolute atomic E-state index is 13.1. The summed E-state index contributed by atoms with van der Waals surface area (Å²) in [5.74, 6) is -1.62. The molecule has 6 heteroatoms. The average Bonchev–Trinajstić information content (AvgIpc) is 3.24. The van der Waals surface area contributed by atoms with Crippen molar-refractivity contribution in [3.05, 3.63) is 28.8 Å². The van der Waals surface area contributed by atoms with Gasteiger partial charge in [-0.2, -0.15) is 0 Å². The molecule has 0 aromatic heterocycles. The predicted octanol–water partition coefficient (Wildman–Crippen LogP) is 1.71. The number of halogens is 1. The van der Waals surface area contributed by atoms with Crippen molar-refractivity contribution in [1.82, 2.24) is 4.90 Å². The van der Waals surface area contributed by atoms with E-state index in [1.807, 2.05) is 23.1 Å². The number of fused-ring (bicyclic) bond motifs is 2. The highest BCUT2D eigenvalue weighted by molar-refractivity contribution is 6.30. The number of anilines is 1. The van der Waals surface area contributed by atoms with Gasteiger partial charge in [0.1, 0.15) is 0 Å². The van der Waals surface area contributed by atoms with E-state index in [4.69, 9.17) is 11.6 Å². The van der Waals surface area contributed by atoms with Crippen molar-refractivity contribution >= 4 is 29.2 Å². The number of carbonyl (C=O) groups excluding carboxylic acids is 2. The van der Waals surface area contributed by atoms with Crippen LogP contribution in [0.15, 0.2) is 18.2 Å². The third kappa shape index (κ3) is 2.96. The van der Waals surface area contributed by atoms with Crippen LogP contribution in [0, 0.1) is 30.6 Å². The second kappa shape index (κ2) is 6.76. The van der Waals surface area contributed by atoms with Crippen molar-refractivity contribution in [2.45, 2.75) is 26.2 Å². The summed E-state index contributed by atoms with van der Waals surface area (Å²) in [6.07, 6.45) is 2.78. The van der Waals surface area contributed by atoms with Crippen LogP contribution in [-0.4, -0.2) is 43.0 Å². The van der Waals surface area contributed by atoms with E-state index in [9.17, 15) is 14.7 Å². The lowest BCUT2D eigenvalue weighted by Gasteiger charge is -2.40. The fraction of sp³-hybridized carbons (Fsp3) is 0.600. The number of hydrogen-bond donors (Lipinski definition) is 0. The van der Waals surface area contributed by atoms with Gasteiger partial charge in [0.15, 0.2) is 0 Å². The molecular formula is C20H24ClN2O3-. The van der Waals surface area contributed by atoms with Crippen molar-refractivity contribution in [2.75, 3.05) is 31.1 Å². The number of rotatable bonds is 3. The third-order valence-electron chi connectivity index (χ3n) is 6.58. The van der Waals surface area contributed by atoms with E-state index < -0.39 is 11.9 Å². The predicted molar refractivity (Wildman–Crippen MR) is 97.8 cm³/mol. The molecule has 0 unspecified atom stereocenters. The molecule has 1 heterocycles. The molecule has 2 saturated carbocycles. The van der Waals surface area contributed by atoms with Crippen LogP contribution in [0.3, 0.4) is 0 Å². The van der Waals surface area contributed by atoms with Crippen molar-refractivity contribution in [3.63, 3.8) is 0 Å². The van der Waals surface area contributed by atoms with Gasteiger partial charge in [0, 0.05) is 54.7 Å². The SMILES string of the molecule is Cc1ccc(Cl)cc1N1CCN(C(=O)[C@H]2[C@@H]3CC[C@H](C3)[C@@H]2C(=O)[O-])CC1. The standard InChI is InChI=1S/C20H25ClN2O3/c1-12-2-5-15(21)11-16(12)22-6-8-23(9-7-22)19(24)17-13-3-4-14(10-13)18(17)20(25)26/h2,5,11,13-14,17-18H,3-4,6-10H2,1H3,(H,25,26)/p-1/t13-,14-,17+,18+/m1/s1. The monoisotopic (exact) mass is 375 g/mol. The van der Waals surface area contributed by atoms with Crippen LogP contribution in [0.4, 0.5) is 5.69 Å². The van der Waals surface area contributed by atoms with E-state index in [-0.39, 0.29) is 23.7 Å². The van der Waals surface area contributed by atoms with Gasteiger partial charge in [0.2, 0.25) is 5.91 Å². The number of carbonyl (C=O) groups is 2. The van der Waals surface area contributed by atoms with E-state index in [2.05, 4.69) is 11.8 Å². The molecule has 1 saturated heterocycles. The molecule has 4 rings (SSSR count). The Labute approximate surface area is 158 Å². The van der Waals surface area contributed by atoms with Crippen LogP contribution in [0.5, 0.6) is 0 Å². The van der Waals surface area contributed by atoms with Gasteiger partial charge in [-0.15, -0.1) is 0 Å². The molecular weight excluding hydrogens is 352 g/mol. The van der Waals surface area contributed by atoms with Crippen molar-refractivity contribution in [2.24, 2.45) is 23.7 Å². The zero-order valence-corrected chi connectivity index (χ0v) is 15.7. The Kier molecular flexibility index (Phi) is 4.59. The molecule has 0 spiro atoms. The Balaban J connectivity index is 1.44. The molecule has 0 radical (unpaired) electrons. The summed E-state index contributed by atoms with van der Waals surface area (Å²) < 4.78 is 0. The van der Waals surface area contributed by atoms with Crippen LogP contribution in [0.2, 0.25) is 5.02 Å². The fourth-order valence-electron chi connectivity index (χ4n) is 5.29. The molecule has 1 aliphatic heterocycles. The normalized spacial score (nSPS) is 30.7. The van der Waals surface area contributed by atoms with Gasteiger partial charge in [-0.05, 0) is 55.7 Å². The minimum atomic E-state index is -1.04. The van der Waals surface area contributed by atoms with Crippen molar-refractivity contribution < 1.29 is 14.7 Å². The largest absolute Gasteiger partial charge is 0.550 e. The first-order chi connectivity index (χ1) is 12.5. The summed E-state index contributed by atoms with van der Waals surface area (Å²) in [4.78, 5) is 28.8. The van der Waals surface area contributed by atoms with Crippen LogP contribution in [-0.2, 0) is 9.59 Å². The highest BCUT2D eigenvalue weighted by Gasteiger charge is 2.52. The Hall–Kier alpha value is -1.75. The van der Waals surface area contributed by atoms with E-state index in [1.165, 1.54) is 5.56 Å². The lowest BCUT2D eigenvalue weighted by molar-refractivity contribution is -0.314. The minimum absolute atomic E-state index is 0.0221. The molecule has 1 aromatic carbocycles.